The van der Waals surface area contributed by atoms with Gasteiger partial charge in [0.15, 0.2) is 0 Å². The van der Waals surface area contributed by atoms with Crippen molar-refractivity contribution in [2.24, 2.45) is 0 Å². The van der Waals surface area contributed by atoms with Crippen molar-refractivity contribution in [3.8, 4) is 0 Å². The lowest BCUT2D eigenvalue weighted by molar-refractivity contribution is 0.220. The SMILES string of the molecule is OC(c1cc[cH-]c1)c1cccnc1. The standard InChI is InChI=1S/C11H10NO/c13-11(9-4-1-2-5-9)10-6-3-7-12-8-10/h1-8,11,13H/q-1. The third-order valence-corrected chi connectivity index (χ3v) is 2.00. The van der Waals surface area contributed by atoms with Crippen molar-refractivity contribution in [3.05, 3.63) is 59.9 Å². The fourth-order valence-electron chi connectivity index (χ4n) is 1.30. The zero-order valence-electron chi connectivity index (χ0n) is 7.09. The molecule has 1 N–H and O–H groups in total. The first-order chi connectivity index (χ1) is 6.38. The van der Waals surface area contributed by atoms with Gasteiger partial charge >= 0.3 is 0 Å². The van der Waals surface area contributed by atoms with Crippen molar-refractivity contribution in [2.75, 3.05) is 0 Å². The molecular formula is C11H10NO-. The number of aliphatic hydroxyl groups is 1. The number of rotatable bonds is 2. The van der Waals surface area contributed by atoms with Gasteiger partial charge in [-0.15, -0.1) is 0 Å². The highest BCUT2D eigenvalue weighted by molar-refractivity contribution is 5.28. The van der Waals surface area contributed by atoms with E-state index in [4.69, 9.17) is 0 Å². The van der Waals surface area contributed by atoms with Gasteiger partial charge in [-0.05, 0) is 11.6 Å². The van der Waals surface area contributed by atoms with Crippen molar-refractivity contribution in [1.29, 1.82) is 0 Å². The number of nitrogens with zero attached hydrogens (tertiary/aromatic N) is 1. The molecule has 0 aliphatic carbocycles. The number of aromatic nitrogens is 1. The van der Waals surface area contributed by atoms with Crippen molar-refractivity contribution < 1.29 is 5.11 Å². The third-order valence-electron chi connectivity index (χ3n) is 2.00. The lowest BCUT2D eigenvalue weighted by Crippen LogP contribution is -1.97. The van der Waals surface area contributed by atoms with Crippen LogP contribution in [-0.4, -0.2) is 10.1 Å². The van der Waals surface area contributed by atoms with Gasteiger partial charge in [0.25, 0.3) is 0 Å². The van der Waals surface area contributed by atoms with E-state index in [0.29, 0.717) is 0 Å². The second-order valence-corrected chi connectivity index (χ2v) is 2.91. The summed E-state index contributed by atoms with van der Waals surface area (Å²) in [6.45, 7) is 0. The quantitative estimate of drug-likeness (QED) is 0.701. The molecule has 66 valence electrons. The Bertz CT molecular complexity index is 353. The minimum absolute atomic E-state index is 0.552. The smallest absolute Gasteiger partial charge is 0.0519 e. The Morgan fingerprint density at radius 1 is 1.31 bits per heavy atom. The number of aliphatic hydroxyl groups excluding tert-OH is 1. The summed E-state index contributed by atoms with van der Waals surface area (Å²) in [5, 5.41) is 9.84. The van der Waals surface area contributed by atoms with Crippen molar-refractivity contribution >= 4 is 0 Å². The van der Waals surface area contributed by atoms with E-state index in [1.165, 1.54) is 0 Å². The number of hydrogen-bond acceptors (Lipinski definition) is 2. The predicted octanol–water partition coefficient (Wildman–Crippen LogP) is 1.88. The van der Waals surface area contributed by atoms with Crippen LogP contribution in [0.25, 0.3) is 0 Å². The summed E-state index contributed by atoms with van der Waals surface area (Å²) in [5.74, 6) is 0. The molecule has 0 radical (unpaired) electrons. The number of hydrogen-bond donors (Lipinski definition) is 1. The van der Waals surface area contributed by atoms with Gasteiger partial charge < -0.3 is 5.11 Å². The molecule has 1 unspecified atom stereocenters. The predicted molar refractivity (Wildman–Crippen MR) is 50.3 cm³/mol. The van der Waals surface area contributed by atoms with Crippen LogP contribution in [0.2, 0.25) is 0 Å². The highest BCUT2D eigenvalue weighted by Gasteiger charge is 2.02. The molecule has 0 saturated carbocycles. The van der Waals surface area contributed by atoms with Gasteiger partial charge in [0.1, 0.15) is 0 Å². The summed E-state index contributed by atoms with van der Waals surface area (Å²) >= 11 is 0. The normalized spacial score (nSPS) is 12.7. The molecule has 0 fully saturated rings. The Morgan fingerprint density at radius 3 is 2.85 bits per heavy atom. The Hall–Kier alpha value is -1.54. The van der Waals surface area contributed by atoms with Gasteiger partial charge in [-0.3, -0.25) is 4.98 Å². The van der Waals surface area contributed by atoms with E-state index >= 15 is 0 Å². The van der Waals surface area contributed by atoms with Gasteiger partial charge in [0, 0.05) is 12.4 Å². The summed E-state index contributed by atoms with van der Waals surface area (Å²) in [5.41, 5.74) is 1.74. The van der Waals surface area contributed by atoms with E-state index in [2.05, 4.69) is 4.98 Å². The van der Waals surface area contributed by atoms with Gasteiger partial charge in [-0.2, -0.15) is 23.8 Å². The first-order valence-corrected chi connectivity index (χ1v) is 4.17. The molecule has 0 bridgehead atoms. The average molecular weight is 172 g/mol. The van der Waals surface area contributed by atoms with Gasteiger partial charge in [0.2, 0.25) is 0 Å². The van der Waals surface area contributed by atoms with Crippen LogP contribution in [0.5, 0.6) is 0 Å². The molecule has 0 amide bonds. The minimum atomic E-state index is -0.552. The van der Waals surface area contributed by atoms with E-state index < -0.39 is 6.10 Å². The van der Waals surface area contributed by atoms with Crippen LogP contribution in [0.15, 0.2) is 48.8 Å². The molecule has 2 rings (SSSR count). The second kappa shape index (κ2) is 3.46. The first-order valence-electron chi connectivity index (χ1n) is 4.17. The average Bonchev–Trinajstić information content (AvgIpc) is 2.71. The van der Waals surface area contributed by atoms with Gasteiger partial charge in [-0.25, -0.2) is 6.07 Å². The topological polar surface area (TPSA) is 33.1 Å². The molecule has 1 atom stereocenters. The van der Waals surface area contributed by atoms with Crippen molar-refractivity contribution in [3.63, 3.8) is 0 Å². The molecule has 0 saturated heterocycles. The highest BCUT2D eigenvalue weighted by atomic mass is 16.3. The maximum absolute atomic E-state index is 9.84. The zero-order valence-corrected chi connectivity index (χ0v) is 7.09. The Balaban J connectivity index is 2.29. The summed E-state index contributed by atoms with van der Waals surface area (Å²) in [6.07, 6.45) is 2.82. The molecular weight excluding hydrogens is 162 g/mol. The molecule has 13 heavy (non-hydrogen) atoms. The lowest BCUT2D eigenvalue weighted by Gasteiger charge is -2.13. The van der Waals surface area contributed by atoms with E-state index in [-0.39, 0.29) is 0 Å². The Kier molecular flexibility index (Phi) is 2.15. The molecule has 2 nitrogen and oxygen atoms in total. The molecule has 2 aromatic rings. The molecule has 0 aliphatic rings. The van der Waals surface area contributed by atoms with Crippen LogP contribution in [-0.2, 0) is 0 Å². The lowest BCUT2D eigenvalue weighted by atomic mass is 10.1. The van der Waals surface area contributed by atoms with Crippen LogP contribution in [0.1, 0.15) is 17.2 Å². The maximum atomic E-state index is 9.84. The van der Waals surface area contributed by atoms with E-state index in [9.17, 15) is 5.11 Å². The van der Waals surface area contributed by atoms with Crippen LogP contribution in [0, 0.1) is 0 Å². The van der Waals surface area contributed by atoms with Crippen LogP contribution in [0.4, 0.5) is 0 Å². The summed E-state index contributed by atoms with van der Waals surface area (Å²) in [6, 6.07) is 11.3. The van der Waals surface area contributed by atoms with Crippen molar-refractivity contribution in [1.82, 2.24) is 4.98 Å². The summed E-state index contributed by atoms with van der Waals surface area (Å²) in [7, 11) is 0. The molecule has 1 heterocycles. The molecule has 0 spiro atoms. The molecule has 1 aromatic carbocycles. The fraction of sp³-hybridized carbons (Fsp3) is 0.0909. The fourth-order valence-corrected chi connectivity index (χ4v) is 1.30. The van der Waals surface area contributed by atoms with Gasteiger partial charge in [-0.1, -0.05) is 6.07 Å². The monoisotopic (exact) mass is 172 g/mol. The van der Waals surface area contributed by atoms with Gasteiger partial charge in [0.05, 0.1) is 6.10 Å². The highest BCUT2D eigenvalue weighted by Crippen LogP contribution is 2.20. The van der Waals surface area contributed by atoms with E-state index in [1.807, 2.05) is 36.4 Å². The zero-order chi connectivity index (χ0) is 9.10. The van der Waals surface area contributed by atoms with E-state index in [0.717, 1.165) is 11.1 Å². The Morgan fingerprint density at radius 2 is 2.23 bits per heavy atom. The molecule has 2 heteroatoms. The second-order valence-electron chi connectivity index (χ2n) is 2.91. The van der Waals surface area contributed by atoms with Crippen LogP contribution >= 0.6 is 0 Å². The van der Waals surface area contributed by atoms with Crippen LogP contribution in [0.3, 0.4) is 0 Å². The largest absolute Gasteiger partial charge is 0.397 e. The summed E-state index contributed by atoms with van der Waals surface area (Å²) < 4.78 is 0. The maximum Gasteiger partial charge on any atom is 0.0519 e. The Labute approximate surface area is 76.9 Å². The van der Waals surface area contributed by atoms with Crippen LogP contribution < -0.4 is 0 Å². The summed E-state index contributed by atoms with van der Waals surface area (Å²) in [4.78, 5) is 3.96. The molecule has 1 aromatic heterocycles. The minimum Gasteiger partial charge on any atom is -0.397 e. The number of pyridine rings is 1. The first kappa shape index (κ1) is 8.08. The van der Waals surface area contributed by atoms with Crippen molar-refractivity contribution in [2.45, 2.75) is 6.10 Å². The third kappa shape index (κ3) is 1.63. The molecule has 0 aliphatic heterocycles. The van der Waals surface area contributed by atoms with E-state index in [1.54, 1.807) is 12.4 Å².